The highest BCUT2D eigenvalue weighted by molar-refractivity contribution is 5.91. The molecule has 2 aromatic rings. The summed E-state index contributed by atoms with van der Waals surface area (Å²) in [5.74, 6) is 1.43. The topological polar surface area (TPSA) is 111 Å². The molecule has 3 heterocycles. The Hall–Kier alpha value is -2.29. The molecule has 0 radical (unpaired) electrons. The van der Waals surface area contributed by atoms with Gasteiger partial charge in [-0.1, -0.05) is 24.2 Å². The lowest BCUT2D eigenvalue weighted by molar-refractivity contribution is 0.0941. The second kappa shape index (κ2) is 7.52. The molecule has 1 fully saturated rings. The van der Waals surface area contributed by atoms with Crippen LogP contribution in [-0.4, -0.2) is 44.1 Å². The van der Waals surface area contributed by atoms with Crippen molar-refractivity contribution in [2.45, 2.75) is 45.7 Å². The van der Waals surface area contributed by atoms with Gasteiger partial charge in [-0.15, -0.1) is 5.10 Å². The fourth-order valence-corrected chi connectivity index (χ4v) is 2.66. The van der Waals surface area contributed by atoms with Crippen molar-refractivity contribution >= 4 is 5.91 Å². The Morgan fingerprint density at radius 1 is 1.54 bits per heavy atom. The zero-order valence-electron chi connectivity index (χ0n) is 14.0. The van der Waals surface area contributed by atoms with Crippen molar-refractivity contribution in [2.75, 3.05) is 13.1 Å². The van der Waals surface area contributed by atoms with Gasteiger partial charge in [0.05, 0.1) is 12.7 Å². The minimum absolute atomic E-state index is 0.179. The summed E-state index contributed by atoms with van der Waals surface area (Å²) >= 11 is 0. The first-order valence-corrected chi connectivity index (χ1v) is 8.33. The molecule has 2 N–H and O–H groups in total. The summed E-state index contributed by atoms with van der Waals surface area (Å²) in [6.07, 6.45) is 4.02. The third-order valence-electron chi connectivity index (χ3n) is 4.02. The summed E-state index contributed by atoms with van der Waals surface area (Å²) in [7, 11) is 0. The van der Waals surface area contributed by atoms with Crippen LogP contribution in [-0.2, 0) is 13.1 Å². The molecular weight excluding hydrogens is 310 g/mol. The van der Waals surface area contributed by atoms with Crippen molar-refractivity contribution in [3.8, 4) is 0 Å². The van der Waals surface area contributed by atoms with E-state index in [1.54, 1.807) is 10.9 Å². The van der Waals surface area contributed by atoms with E-state index < -0.39 is 0 Å². The number of rotatable bonds is 6. The normalized spacial score (nSPS) is 18.0. The summed E-state index contributed by atoms with van der Waals surface area (Å²) in [4.78, 5) is 16.4. The minimum Gasteiger partial charge on any atom is -0.342 e. The second-order valence-electron chi connectivity index (χ2n) is 6.42. The highest BCUT2D eigenvalue weighted by atomic mass is 16.5. The van der Waals surface area contributed by atoms with Crippen molar-refractivity contribution in [3.05, 3.63) is 23.6 Å². The van der Waals surface area contributed by atoms with Crippen LogP contribution in [0.1, 0.15) is 54.8 Å². The maximum absolute atomic E-state index is 12.1. The van der Waals surface area contributed by atoms with E-state index in [2.05, 4.69) is 31.1 Å². The van der Waals surface area contributed by atoms with Crippen molar-refractivity contribution in [2.24, 2.45) is 5.92 Å². The molecule has 0 spiro atoms. The van der Waals surface area contributed by atoms with Crippen LogP contribution >= 0.6 is 0 Å². The maximum Gasteiger partial charge on any atom is 0.273 e. The molecule has 130 valence electrons. The number of amides is 1. The second-order valence-corrected chi connectivity index (χ2v) is 6.42. The predicted octanol–water partition coefficient (Wildman–Crippen LogP) is 0.714. The SMILES string of the molecule is CC(C)c1noc(CNC(=O)c2cn(CC3CCCNC3)nn2)n1. The third-order valence-corrected chi connectivity index (χ3v) is 4.02. The summed E-state index contributed by atoms with van der Waals surface area (Å²) in [6.45, 7) is 6.97. The lowest BCUT2D eigenvalue weighted by Gasteiger charge is -2.22. The molecule has 1 atom stereocenters. The zero-order valence-corrected chi connectivity index (χ0v) is 14.0. The fourth-order valence-electron chi connectivity index (χ4n) is 2.66. The molecule has 0 bridgehead atoms. The van der Waals surface area contributed by atoms with Crippen molar-refractivity contribution in [3.63, 3.8) is 0 Å². The van der Waals surface area contributed by atoms with Gasteiger partial charge in [0.15, 0.2) is 11.5 Å². The van der Waals surface area contributed by atoms with Gasteiger partial charge >= 0.3 is 0 Å². The average Bonchev–Trinajstić information content (AvgIpc) is 3.23. The third kappa shape index (κ3) is 4.16. The molecule has 9 nitrogen and oxygen atoms in total. The number of hydrogen-bond donors (Lipinski definition) is 2. The van der Waals surface area contributed by atoms with Gasteiger partial charge in [0.1, 0.15) is 0 Å². The van der Waals surface area contributed by atoms with E-state index in [0.717, 1.165) is 19.6 Å². The zero-order chi connectivity index (χ0) is 16.9. The predicted molar refractivity (Wildman–Crippen MR) is 85.2 cm³/mol. The molecular formula is C15H23N7O2. The van der Waals surface area contributed by atoms with Gasteiger partial charge in [-0.3, -0.25) is 9.48 Å². The largest absolute Gasteiger partial charge is 0.342 e. The highest BCUT2D eigenvalue weighted by Gasteiger charge is 2.17. The summed E-state index contributed by atoms with van der Waals surface area (Å²) in [5.41, 5.74) is 0.294. The number of carbonyl (C=O) groups excluding carboxylic acids is 1. The van der Waals surface area contributed by atoms with Crippen molar-refractivity contribution < 1.29 is 9.32 Å². The van der Waals surface area contributed by atoms with Gasteiger partial charge in [-0.2, -0.15) is 4.98 Å². The molecule has 1 unspecified atom stereocenters. The number of nitrogens with one attached hydrogen (secondary N) is 2. The molecule has 24 heavy (non-hydrogen) atoms. The number of carbonyl (C=O) groups is 1. The van der Waals surface area contributed by atoms with Crippen LogP contribution in [0, 0.1) is 5.92 Å². The van der Waals surface area contributed by atoms with Crippen LogP contribution in [0.25, 0.3) is 0 Å². The monoisotopic (exact) mass is 333 g/mol. The van der Waals surface area contributed by atoms with Gasteiger partial charge < -0.3 is 15.2 Å². The van der Waals surface area contributed by atoms with Gasteiger partial charge in [0.2, 0.25) is 5.89 Å². The first-order valence-electron chi connectivity index (χ1n) is 8.33. The van der Waals surface area contributed by atoms with Crippen LogP contribution < -0.4 is 10.6 Å². The summed E-state index contributed by atoms with van der Waals surface area (Å²) in [6, 6.07) is 0. The Balaban J connectivity index is 1.51. The Bertz CT molecular complexity index is 673. The molecule has 1 saturated heterocycles. The molecule has 2 aromatic heterocycles. The quantitative estimate of drug-likeness (QED) is 0.801. The molecule has 0 aliphatic carbocycles. The maximum atomic E-state index is 12.1. The fraction of sp³-hybridized carbons (Fsp3) is 0.667. The number of nitrogens with zero attached hydrogens (tertiary/aromatic N) is 5. The van der Waals surface area contributed by atoms with Crippen molar-refractivity contribution in [1.82, 2.24) is 35.8 Å². The lowest BCUT2D eigenvalue weighted by atomic mass is 10.00. The molecule has 9 heteroatoms. The summed E-state index contributed by atoms with van der Waals surface area (Å²) in [5, 5.41) is 17.9. The first kappa shape index (κ1) is 16.6. The van der Waals surface area contributed by atoms with E-state index in [4.69, 9.17) is 4.52 Å². The lowest BCUT2D eigenvalue weighted by Crippen LogP contribution is -2.32. The molecule has 0 aromatic carbocycles. The minimum atomic E-state index is -0.299. The number of aromatic nitrogens is 5. The Kier molecular flexibility index (Phi) is 5.19. The van der Waals surface area contributed by atoms with Crippen LogP contribution in [0.4, 0.5) is 0 Å². The van der Waals surface area contributed by atoms with E-state index >= 15 is 0 Å². The first-order chi connectivity index (χ1) is 11.6. The van der Waals surface area contributed by atoms with Gasteiger partial charge in [-0.25, -0.2) is 0 Å². The van der Waals surface area contributed by atoms with E-state index in [1.807, 2.05) is 13.8 Å². The van der Waals surface area contributed by atoms with E-state index in [9.17, 15) is 4.79 Å². The average molecular weight is 333 g/mol. The highest BCUT2D eigenvalue weighted by Crippen LogP contribution is 2.12. The van der Waals surface area contributed by atoms with E-state index in [1.165, 1.54) is 12.8 Å². The van der Waals surface area contributed by atoms with Crippen LogP contribution in [0.3, 0.4) is 0 Å². The molecule has 1 aliphatic heterocycles. The van der Waals surface area contributed by atoms with Gasteiger partial charge in [0.25, 0.3) is 5.91 Å². The van der Waals surface area contributed by atoms with Crippen LogP contribution in [0.2, 0.25) is 0 Å². The van der Waals surface area contributed by atoms with E-state index in [0.29, 0.717) is 23.3 Å². The smallest absolute Gasteiger partial charge is 0.273 e. The van der Waals surface area contributed by atoms with Crippen LogP contribution in [0.15, 0.2) is 10.7 Å². The Morgan fingerprint density at radius 3 is 3.12 bits per heavy atom. The van der Waals surface area contributed by atoms with Gasteiger partial charge in [-0.05, 0) is 31.8 Å². The number of piperidine rings is 1. The van der Waals surface area contributed by atoms with Crippen molar-refractivity contribution in [1.29, 1.82) is 0 Å². The molecule has 1 amide bonds. The summed E-state index contributed by atoms with van der Waals surface area (Å²) < 4.78 is 6.83. The molecule has 3 rings (SSSR count). The molecule has 1 aliphatic rings. The number of hydrogen-bond acceptors (Lipinski definition) is 7. The standard InChI is InChI=1S/C15H23N7O2/c1-10(2)14-18-13(24-20-14)7-17-15(23)12-9-22(21-19-12)8-11-4-3-5-16-6-11/h9-11,16H,3-8H2,1-2H3,(H,17,23). The van der Waals surface area contributed by atoms with E-state index in [-0.39, 0.29) is 18.4 Å². The Labute approximate surface area is 140 Å². The molecule has 0 saturated carbocycles. The van der Waals surface area contributed by atoms with Crippen LogP contribution in [0.5, 0.6) is 0 Å². The Morgan fingerprint density at radius 2 is 2.42 bits per heavy atom. The van der Waals surface area contributed by atoms with Gasteiger partial charge in [0, 0.05) is 12.5 Å².